The Bertz CT molecular complexity index is 305. The van der Waals surface area contributed by atoms with Crippen molar-refractivity contribution in [1.29, 1.82) is 0 Å². The Balaban J connectivity index is 3.20. The van der Waals surface area contributed by atoms with Gasteiger partial charge in [0, 0.05) is 0 Å². The molecule has 13 heavy (non-hydrogen) atoms. The number of hydrogen-bond donors (Lipinski definition) is 0. The van der Waals surface area contributed by atoms with E-state index in [1.54, 1.807) is 7.11 Å². The lowest BCUT2D eigenvalue weighted by molar-refractivity contribution is 0.418. The van der Waals surface area contributed by atoms with E-state index in [1.165, 1.54) is 5.19 Å². The average Bonchev–Trinajstić information content (AvgIpc) is 2.18. The Morgan fingerprint density at radius 1 is 1.31 bits per heavy atom. The highest BCUT2D eigenvalue weighted by molar-refractivity contribution is 6.94. The molecule has 0 aromatic heterocycles. The summed E-state index contributed by atoms with van der Waals surface area (Å²) in [6.07, 6.45) is 0. The highest BCUT2D eigenvalue weighted by Crippen LogP contribution is 2.13. The van der Waals surface area contributed by atoms with Gasteiger partial charge in [-0.25, -0.2) is 0 Å². The predicted octanol–water partition coefficient (Wildman–Crippen LogP) is 2.34. The molecule has 0 bridgehead atoms. The number of para-hydroxylation sites is 1. The lowest BCUT2D eigenvalue weighted by atomic mass is 10.3. The van der Waals surface area contributed by atoms with E-state index < -0.39 is 8.07 Å². The van der Waals surface area contributed by atoms with Gasteiger partial charge in [-0.2, -0.15) is 0 Å². The van der Waals surface area contributed by atoms with Gasteiger partial charge in [-0.05, 0) is 11.3 Å². The van der Waals surface area contributed by atoms with E-state index in [0.717, 1.165) is 5.75 Å². The third kappa shape index (κ3) is 2.01. The van der Waals surface area contributed by atoms with Crippen LogP contribution >= 0.6 is 0 Å². The molecule has 0 unspecified atom stereocenters. The van der Waals surface area contributed by atoms with Crippen molar-refractivity contribution in [3.8, 4) is 5.75 Å². The minimum Gasteiger partial charge on any atom is -0.497 e. The van der Waals surface area contributed by atoms with E-state index in [0.29, 0.717) is 0 Å². The van der Waals surface area contributed by atoms with Crippen molar-refractivity contribution in [1.82, 2.24) is 0 Å². The van der Waals surface area contributed by atoms with Gasteiger partial charge >= 0.3 is 0 Å². The van der Waals surface area contributed by atoms with Gasteiger partial charge in [0.1, 0.15) is 13.8 Å². The molecular formula is C11H16OSi. The van der Waals surface area contributed by atoms with E-state index in [1.807, 2.05) is 12.1 Å². The highest BCUT2D eigenvalue weighted by atomic mass is 28.3. The summed E-state index contributed by atoms with van der Waals surface area (Å²) in [6, 6.07) is 8.19. The van der Waals surface area contributed by atoms with Crippen LogP contribution in [0, 0.1) is 0 Å². The Hall–Kier alpha value is -1.02. The summed E-state index contributed by atoms with van der Waals surface area (Å²) in [7, 11) is 0.235. The smallest absolute Gasteiger partial charge is 0.118 e. The SMILES string of the molecule is C=C[Si](C)(C)c1ccccc1OC. The number of hydrogen-bond acceptors (Lipinski definition) is 1. The first-order valence-corrected chi connectivity index (χ1v) is 7.46. The van der Waals surface area contributed by atoms with E-state index in [9.17, 15) is 0 Å². The number of benzene rings is 1. The van der Waals surface area contributed by atoms with Crippen molar-refractivity contribution >= 4 is 13.3 Å². The van der Waals surface area contributed by atoms with Crippen LogP contribution in [0.5, 0.6) is 5.75 Å². The predicted molar refractivity (Wildman–Crippen MR) is 60.3 cm³/mol. The quantitative estimate of drug-likeness (QED) is 0.668. The molecule has 70 valence electrons. The zero-order valence-corrected chi connectivity index (χ0v) is 9.50. The Morgan fingerprint density at radius 3 is 2.46 bits per heavy atom. The van der Waals surface area contributed by atoms with Crippen LogP contribution < -0.4 is 9.92 Å². The Labute approximate surface area is 81.1 Å². The fraction of sp³-hybridized carbons (Fsp3) is 0.273. The Morgan fingerprint density at radius 2 is 1.92 bits per heavy atom. The van der Waals surface area contributed by atoms with Crippen LogP contribution in [-0.2, 0) is 0 Å². The Kier molecular flexibility index (Phi) is 2.93. The first-order valence-electron chi connectivity index (χ1n) is 4.39. The molecule has 1 rings (SSSR count). The van der Waals surface area contributed by atoms with Gasteiger partial charge in [0.25, 0.3) is 0 Å². The minimum absolute atomic E-state index is 0.985. The van der Waals surface area contributed by atoms with Crippen LogP contribution in [0.2, 0.25) is 13.1 Å². The van der Waals surface area contributed by atoms with Gasteiger partial charge in [0.2, 0.25) is 0 Å². The van der Waals surface area contributed by atoms with Crippen molar-refractivity contribution in [2.45, 2.75) is 13.1 Å². The van der Waals surface area contributed by atoms with Crippen LogP contribution in [-0.4, -0.2) is 15.2 Å². The second-order valence-electron chi connectivity index (χ2n) is 3.63. The number of rotatable bonds is 3. The molecule has 1 aromatic rings. The first-order chi connectivity index (χ1) is 6.11. The zero-order valence-electron chi connectivity index (χ0n) is 8.50. The normalized spacial score (nSPS) is 11.0. The van der Waals surface area contributed by atoms with E-state index >= 15 is 0 Å². The zero-order chi connectivity index (χ0) is 9.90. The van der Waals surface area contributed by atoms with Crippen molar-refractivity contribution in [3.63, 3.8) is 0 Å². The topological polar surface area (TPSA) is 9.23 Å². The molecule has 0 saturated carbocycles. The molecule has 0 fully saturated rings. The molecule has 0 N–H and O–H groups in total. The van der Waals surface area contributed by atoms with Crippen LogP contribution in [0.3, 0.4) is 0 Å². The second-order valence-corrected chi connectivity index (χ2v) is 8.02. The molecule has 2 heteroatoms. The third-order valence-corrected chi connectivity index (χ3v) is 5.13. The van der Waals surface area contributed by atoms with E-state index in [2.05, 4.69) is 37.5 Å². The fourth-order valence-electron chi connectivity index (χ4n) is 1.29. The molecule has 0 aliphatic rings. The fourth-order valence-corrected chi connectivity index (χ4v) is 2.85. The van der Waals surface area contributed by atoms with Crippen molar-refractivity contribution in [2.24, 2.45) is 0 Å². The summed E-state index contributed by atoms with van der Waals surface area (Å²) in [4.78, 5) is 0. The first kappa shape index (κ1) is 10.1. The van der Waals surface area contributed by atoms with E-state index in [4.69, 9.17) is 4.74 Å². The van der Waals surface area contributed by atoms with Crippen LogP contribution in [0.1, 0.15) is 0 Å². The highest BCUT2D eigenvalue weighted by Gasteiger charge is 2.22. The maximum atomic E-state index is 5.32. The largest absolute Gasteiger partial charge is 0.497 e. The molecular weight excluding hydrogens is 176 g/mol. The molecule has 1 nitrogen and oxygen atoms in total. The molecule has 0 saturated heterocycles. The summed E-state index contributed by atoms with van der Waals surface area (Å²) in [6.45, 7) is 8.41. The summed E-state index contributed by atoms with van der Waals surface area (Å²) >= 11 is 0. The van der Waals surface area contributed by atoms with Crippen molar-refractivity contribution < 1.29 is 4.74 Å². The summed E-state index contributed by atoms with van der Waals surface area (Å²) in [5.74, 6) is 0.985. The minimum atomic E-state index is -1.48. The monoisotopic (exact) mass is 192 g/mol. The maximum Gasteiger partial charge on any atom is 0.118 e. The molecule has 0 amide bonds. The van der Waals surface area contributed by atoms with Gasteiger partial charge < -0.3 is 4.74 Å². The molecule has 1 aromatic carbocycles. The summed E-state index contributed by atoms with van der Waals surface area (Å²) < 4.78 is 5.32. The van der Waals surface area contributed by atoms with Gasteiger partial charge in [0.15, 0.2) is 0 Å². The third-order valence-electron chi connectivity index (χ3n) is 2.31. The van der Waals surface area contributed by atoms with E-state index in [-0.39, 0.29) is 0 Å². The molecule has 0 heterocycles. The maximum absolute atomic E-state index is 5.32. The van der Waals surface area contributed by atoms with Gasteiger partial charge in [-0.3, -0.25) is 0 Å². The van der Waals surface area contributed by atoms with Crippen LogP contribution in [0.15, 0.2) is 36.5 Å². The van der Waals surface area contributed by atoms with Gasteiger partial charge in [0.05, 0.1) is 7.11 Å². The molecule has 0 aliphatic heterocycles. The van der Waals surface area contributed by atoms with Crippen LogP contribution in [0.25, 0.3) is 0 Å². The number of ether oxygens (including phenoxy) is 1. The average molecular weight is 192 g/mol. The summed E-state index contributed by atoms with van der Waals surface area (Å²) in [5, 5.41) is 1.31. The van der Waals surface area contributed by atoms with Crippen molar-refractivity contribution in [2.75, 3.05) is 7.11 Å². The molecule has 0 atom stereocenters. The number of methoxy groups -OCH3 is 1. The lowest BCUT2D eigenvalue weighted by Gasteiger charge is -2.20. The molecule has 0 radical (unpaired) electrons. The lowest BCUT2D eigenvalue weighted by Crippen LogP contribution is -2.40. The van der Waals surface area contributed by atoms with Crippen LogP contribution in [0.4, 0.5) is 0 Å². The van der Waals surface area contributed by atoms with Gasteiger partial charge in [-0.1, -0.05) is 37.0 Å². The standard InChI is InChI=1S/C11H16OSi/c1-5-13(3,4)11-9-7-6-8-10(11)12-2/h5-9H,1H2,2-4H3. The van der Waals surface area contributed by atoms with Gasteiger partial charge in [-0.15, -0.1) is 6.58 Å². The second kappa shape index (κ2) is 3.79. The summed E-state index contributed by atoms with van der Waals surface area (Å²) in [5.41, 5.74) is 2.07. The van der Waals surface area contributed by atoms with Crippen molar-refractivity contribution in [3.05, 3.63) is 36.5 Å². The molecule has 0 aliphatic carbocycles. The molecule has 0 spiro atoms.